The molecule has 0 aliphatic carbocycles. The van der Waals surface area contributed by atoms with E-state index in [4.69, 9.17) is 16.3 Å². The summed E-state index contributed by atoms with van der Waals surface area (Å²) in [5.74, 6) is 0.508. The summed E-state index contributed by atoms with van der Waals surface area (Å²) in [5.41, 5.74) is 4.14. The molecule has 0 heterocycles. The standard InChI is InChI=1S/C21H19ClFNO/c1-15-4-2-3-5-20(15)24-13-17-12-18(22)8-11-21(17)25-14-16-6-9-19(23)10-7-16/h2-12,24H,13-14H2,1H3. The number of halogens is 2. The first-order valence-electron chi connectivity index (χ1n) is 8.07. The number of para-hydroxylation sites is 1. The van der Waals surface area contributed by atoms with E-state index in [1.165, 1.54) is 17.7 Å². The molecule has 2 nitrogen and oxygen atoms in total. The van der Waals surface area contributed by atoms with Gasteiger partial charge in [0.15, 0.2) is 0 Å². The highest BCUT2D eigenvalue weighted by molar-refractivity contribution is 6.30. The summed E-state index contributed by atoms with van der Waals surface area (Å²) in [7, 11) is 0. The second-order valence-corrected chi connectivity index (χ2v) is 6.27. The van der Waals surface area contributed by atoms with Crippen LogP contribution in [0.25, 0.3) is 0 Å². The van der Waals surface area contributed by atoms with Crippen molar-refractivity contribution in [1.82, 2.24) is 0 Å². The van der Waals surface area contributed by atoms with Crippen LogP contribution in [0.5, 0.6) is 5.75 Å². The third kappa shape index (κ3) is 4.74. The van der Waals surface area contributed by atoms with Crippen LogP contribution in [0.15, 0.2) is 66.7 Å². The summed E-state index contributed by atoms with van der Waals surface area (Å²) < 4.78 is 18.9. The van der Waals surface area contributed by atoms with E-state index >= 15 is 0 Å². The minimum Gasteiger partial charge on any atom is -0.489 e. The fourth-order valence-corrected chi connectivity index (χ4v) is 2.73. The van der Waals surface area contributed by atoms with Crippen LogP contribution in [0.2, 0.25) is 5.02 Å². The highest BCUT2D eigenvalue weighted by atomic mass is 35.5. The van der Waals surface area contributed by atoms with Crippen LogP contribution in [0.3, 0.4) is 0 Å². The van der Waals surface area contributed by atoms with Crippen molar-refractivity contribution >= 4 is 17.3 Å². The van der Waals surface area contributed by atoms with E-state index in [9.17, 15) is 4.39 Å². The zero-order valence-corrected chi connectivity index (χ0v) is 14.7. The van der Waals surface area contributed by atoms with Gasteiger partial charge in [0.1, 0.15) is 18.2 Å². The van der Waals surface area contributed by atoms with Gasteiger partial charge in [-0.2, -0.15) is 0 Å². The smallest absolute Gasteiger partial charge is 0.124 e. The summed E-state index contributed by atoms with van der Waals surface area (Å²) in [6.07, 6.45) is 0. The molecular formula is C21H19ClFNO. The van der Waals surface area contributed by atoms with Crippen LogP contribution in [-0.2, 0) is 13.2 Å². The van der Waals surface area contributed by atoms with Gasteiger partial charge in [-0.25, -0.2) is 4.39 Å². The van der Waals surface area contributed by atoms with E-state index < -0.39 is 0 Å². The molecule has 0 spiro atoms. The molecule has 0 aliphatic rings. The van der Waals surface area contributed by atoms with E-state index in [1.54, 1.807) is 18.2 Å². The van der Waals surface area contributed by atoms with Crippen LogP contribution < -0.4 is 10.1 Å². The Morgan fingerprint density at radius 3 is 2.52 bits per heavy atom. The maximum absolute atomic E-state index is 13.0. The van der Waals surface area contributed by atoms with Crippen molar-refractivity contribution < 1.29 is 9.13 Å². The molecule has 0 atom stereocenters. The molecular weight excluding hydrogens is 337 g/mol. The summed E-state index contributed by atoms with van der Waals surface area (Å²) in [4.78, 5) is 0. The monoisotopic (exact) mass is 355 g/mol. The van der Waals surface area contributed by atoms with Crippen molar-refractivity contribution in [2.75, 3.05) is 5.32 Å². The highest BCUT2D eigenvalue weighted by Gasteiger charge is 2.07. The molecule has 0 unspecified atom stereocenters. The Balaban J connectivity index is 1.71. The molecule has 0 aromatic heterocycles. The third-order valence-electron chi connectivity index (χ3n) is 3.94. The number of nitrogens with one attached hydrogen (secondary N) is 1. The lowest BCUT2D eigenvalue weighted by Gasteiger charge is -2.14. The van der Waals surface area contributed by atoms with E-state index in [0.29, 0.717) is 18.2 Å². The first-order chi connectivity index (χ1) is 12.1. The van der Waals surface area contributed by atoms with Gasteiger partial charge in [0.05, 0.1) is 0 Å². The van der Waals surface area contributed by atoms with Gasteiger partial charge in [-0.15, -0.1) is 0 Å². The largest absolute Gasteiger partial charge is 0.489 e. The molecule has 128 valence electrons. The second kappa shape index (κ2) is 8.04. The molecule has 0 fully saturated rings. The lowest BCUT2D eigenvalue weighted by molar-refractivity contribution is 0.303. The predicted molar refractivity (Wildman–Crippen MR) is 101 cm³/mol. The van der Waals surface area contributed by atoms with Crippen molar-refractivity contribution in [3.63, 3.8) is 0 Å². The maximum atomic E-state index is 13.0. The molecule has 0 aliphatic heterocycles. The van der Waals surface area contributed by atoms with E-state index in [1.807, 2.05) is 30.3 Å². The molecule has 4 heteroatoms. The second-order valence-electron chi connectivity index (χ2n) is 5.84. The van der Waals surface area contributed by atoms with E-state index in [-0.39, 0.29) is 5.82 Å². The van der Waals surface area contributed by atoms with Crippen LogP contribution >= 0.6 is 11.6 Å². The van der Waals surface area contributed by atoms with Gasteiger partial charge in [0.25, 0.3) is 0 Å². The molecule has 25 heavy (non-hydrogen) atoms. The zero-order valence-electron chi connectivity index (χ0n) is 13.9. The fourth-order valence-electron chi connectivity index (χ4n) is 2.53. The molecule has 3 aromatic carbocycles. The van der Waals surface area contributed by atoms with Crippen molar-refractivity contribution in [3.8, 4) is 5.75 Å². The van der Waals surface area contributed by atoms with Crippen LogP contribution in [0, 0.1) is 12.7 Å². The fraction of sp³-hybridized carbons (Fsp3) is 0.143. The highest BCUT2D eigenvalue weighted by Crippen LogP contribution is 2.25. The number of hydrogen-bond acceptors (Lipinski definition) is 2. The number of ether oxygens (including phenoxy) is 1. The lowest BCUT2D eigenvalue weighted by Crippen LogP contribution is -2.04. The zero-order chi connectivity index (χ0) is 17.6. The first-order valence-corrected chi connectivity index (χ1v) is 8.45. The Labute approximate surface area is 152 Å². The van der Waals surface area contributed by atoms with Gasteiger partial charge in [-0.05, 0) is 54.4 Å². The molecule has 0 bridgehead atoms. The number of aryl methyl sites for hydroxylation is 1. The third-order valence-corrected chi connectivity index (χ3v) is 4.18. The van der Waals surface area contributed by atoms with Gasteiger partial charge in [-0.1, -0.05) is 41.9 Å². The Bertz CT molecular complexity index is 849. The molecule has 0 amide bonds. The Morgan fingerprint density at radius 2 is 1.76 bits per heavy atom. The lowest BCUT2D eigenvalue weighted by atomic mass is 10.1. The van der Waals surface area contributed by atoms with Crippen LogP contribution in [0.4, 0.5) is 10.1 Å². The normalized spacial score (nSPS) is 10.5. The van der Waals surface area contributed by atoms with Gasteiger partial charge in [-0.3, -0.25) is 0 Å². The molecule has 0 saturated carbocycles. The number of anilines is 1. The summed E-state index contributed by atoms with van der Waals surface area (Å²) in [6, 6.07) is 20.0. The first kappa shape index (κ1) is 17.3. The topological polar surface area (TPSA) is 21.3 Å². The molecule has 1 N–H and O–H groups in total. The van der Waals surface area contributed by atoms with Crippen molar-refractivity contribution in [3.05, 3.63) is 94.3 Å². The number of benzene rings is 3. The quantitative estimate of drug-likeness (QED) is 0.587. The van der Waals surface area contributed by atoms with Crippen molar-refractivity contribution in [1.29, 1.82) is 0 Å². The van der Waals surface area contributed by atoms with Crippen molar-refractivity contribution in [2.45, 2.75) is 20.1 Å². The summed E-state index contributed by atoms with van der Waals surface area (Å²) >= 11 is 6.14. The Morgan fingerprint density at radius 1 is 1.00 bits per heavy atom. The average molecular weight is 356 g/mol. The Hall–Kier alpha value is -2.52. The molecule has 0 saturated heterocycles. The SMILES string of the molecule is Cc1ccccc1NCc1cc(Cl)ccc1OCc1ccc(F)cc1. The van der Waals surface area contributed by atoms with E-state index in [0.717, 1.165) is 22.6 Å². The molecule has 3 aromatic rings. The molecule has 0 radical (unpaired) electrons. The number of hydrogen-bond donors (Lipinski definition) is 1. The summed E-state index contributed by atoms with van der Waals surface area (Å²) in [5, 5.41) is 4.08. The molecule has 3 rings (SSSR count). The van der Waals surface area contributed by atoms with Gasteiger partial charge >= 0.3 is 0 Å². The minimum atomic E-state index is -0.252. The predicted octanol–water partition coefficient (Wildman–Crippen LogP) is 5.98. The van der Waals surface area contributed by atoms with Gasteiger partial charge < -0.3 is 10.1 Å². The average Bonchev–Trinajstić information content (AvgIpc) is 2.61. The van der Waals surface area contributed by atoms with Crippen LogP contribution in [0.1, 0.15) is 16.7 Å². The van der Waals surface area contributed by atoms with E-state index in [2.05, 4.69) is 18.3 Å². The van der Waals surface area contributed by atoms with Gasteiger partial charge in [0.2, 0.25) is 0 Å². The number of rotatable bonds is 6. The van der Waals surface area contributed by atoms with Crippen molar-refractivity contribution in [2.24, 2.45) is 0 Å². The van der Waals surface area contributed by atoms with Gasteiger partial charge in [0, 0.05) is 22.8 Å². The van der Waals surface area contributed by atoms with Crippen LogP contribution in [-0.4, -0.2) is 0 Å². The maximum Gasteiger partial charge on any atom is 0.124 e. The Kier molecular flexibility index (Phi) is 5.56. The summed E-state index contributed by atoms with van der Waals surface area (Å²) in [6.45, 7) is 3.04. The minimum absolute atomic E-state index is 0.252.